The smallest absolute Gasteiger partial charge is 0.328 e. The lowest BCUT2D eigenvalue weighted by Crippen LogP contribution is -2.49. The van der Waals surface area contributed by atoms with Crippen molar-refractivity contribution in [3.8, 4) is 11.5 Å². The third-order valence-electron chi connectivity index (χ3n) is 2.76. The van der Waals surface area contributed by atoms with Gasteiger partial charge in [-0.2, -0.15) is 0 Å². The molecule has 0 saturated carbocycles. The van der Waals surface area contributed by atoms with Crippen LogP contribution in [0.25, 0.3) is 0 Å². The third-order valence-corrected chi connectivity index (χ3v) is 2.76. The number of carboxylic acids is 1. The van der Waals surface area contributed by atoms with Gasteiger partial charge in [-0.25, -0.2) is 4.79 Å². The molecule has 0 saturated heterocycles. The van der Waals surface area contributed by atoms with Gasteiger partial charge in [0.05, 0.1) is 7.11 Å². The van der Waals surface area contributed by atoms with Gasteiger partial charge in [0.2, 0.25) is 0 Å². The highest BCUT2D eigenvalue weighted by molar-refractivity contribution is 5.98. The first-order valence-electron chi connectivity index (χ1n) is 6.32. The number of amides is 2. The zero-order valence-corrected chi connectivity index (χ0v) is 12.5. The second-order valence-corrected chi connectivity index (χ2v) is 5.00. The van der Waals surface area contributed by atoms with Crippen molar-refractivity contribution < 1.29 is 29.0 Å². The Labute approximate surface area is 127 Å². The second kappa shape index (κ2) is 6.79. The molecule has 0 unspecified atom stereocenters. The average molecular weight is 310 g/mol. The first kappa shape index (κ1) is 17.3. The van der Waals surface area contributed by atoms with E-state index in [-0.39, 0.29) is 23.7 Å². The molecule has 1 rings (SSSR count). The summed E-state index contributed by atoms with van der Waals surface area (Å²) in [7, 11) is 1.37. The van der Waals surface area contributed by atoms with Crippen molar-refractivity contribution in [3.63, 3.8) is 0 Å². The van der Waals surface area contributed by atoms with Crippen molar-refractivity contribution in [1.82, 2.24) is 5.32 Å². The molecule has 0 aliphatic heterocycles. The first-order chi connectivity index (χ1) is 10.2. The Kier molecular flexibility index (Phi) is 5.33. The molecule has 0 aromatic heterocycles. The van der Waals surface area contributed by atoms with Gasteiger partial charge in [-0.1, -0.05) is 0 Å². The number of hydrogen-bond donors (Lipinski definition) is 3. The molecule has 0 radical (unpaired) electrons. The quantitative estimate of drug-likeness (QED) is 0.658. The maximum atomic E-state index is 12.1. The van der Waals surface area contributed by atoms with E-state index in [0.717, 1.165) is 0 Å². The Balaban J connectivity index is 2.95. The monoisotopic (exact) mass is 310 g/mol. The number of nitrogens with two attached hydrogens (primary N) is 1. The van der Waals surface area contributed by atoms with Crippen LogP contribution in [0, 0.1) is 0 Å². The minimum atomic E-state index is -1.41. The highest BCUT2D eigenvalue weighted by atomic mass is 16.5. The van der Waals surface area contributed by atoms with Gasteiger partial charge in [0.15, 0.2) is 18.1 Å². The molecule has 0 aliphatic rings. The Morgan fingerprint density at radius 1 is 1.27 bits per heavy atom. The predicted molar refractivity (Wildman–Crippen MR) is 76.9 cm³/mol. The molecule has 2 amide bonds. The third kappa shape index (κ3) is 4.37. The summed E-state index contributed by atoms with van der Waals surface area (Å²) in [5.41, 5.74) is 3.76. The molecule has 0 heterocycles. The van der Waals surface area contributed by atoms with Crippen LogP contribution in [-0.4, -0.2) is 42.1 Å². The molecule has 0 atom stereocenters. The minimum absolute atomic E-state index is 0.192. The molecule has 8 nitrogen and oxygen atoms in total. The number of nitrogens with one attached hydrogen (secondary N) is 1. The summed E-state index contributed by atoms with van der Waals surface area (Å²) in [5, 5.41) is 11.4. The van der Waals surface area contributed by atoms with Crippen LogP contribution in [0.4, 0.5) is 0 Å². The van der Waals surface area contributed by atoms with Crippen LogP contribution >= 0.6 is 0 Å². The lowest BCUT2D eigenvalue weighted by molar-refractivity contribution is -0.143. The van der Waals surface area contributed by atoms with Crippen LogP contribution in [0.15, 0.2) is 18.2 Å². The van der Waals surface area contributed by atoms with Crippen LogP contribution in [0.3, 0.4) is 0 Å². The Morgan fingerprint density at radius 3 is 2.41 bits per heavy atom. The van der Waals surface area contributed by atoms with Crippen molar-refractivity contribution >= 4 is 17.8 Å². The highest BCUT2D eigenvalue weighted by Gasteiger charge is 2.29. The fraction of sp³-hybridized carbons (Fsp3) is 0.357. The molecule has 120 valence electrons. The number of rotatable bonds is 7. The number of primary amides is 1. The van der Waals surface area contributed by atoms with E-state index in [1.165, 1.54) is 39.2 Å². The number of carbonyl (C=O) groups excluding carboxylic acids is 2. The maximum absolute atomic E-state index is 12.1. The van der Waals surface area contributed by atoms with E-state index in [4.69, 9.17) is 20.3 Å². The first-order valence-corrected chi connectivity index (χ1v) is 6.32. The molecule has 4 N–H and O–H groups in total. The fourth-order valence-electron chi connectivity index (χ4n) is 1.49. The Bertz CT molecular complexity index is 597. The number of carboxylic acid groups (broad SMARTS) is 1. The van der Waals surface area contributed by atoms with E-state index in [2.05, 4.69) is 5.32 Å². The van der Waals surface area contributed by atoms with Gasteiger partial charge in [0.25, 0.3) is 11.8 Å². The lowest BCUT2D eigenvalue weighted by atomic mass is 10.1. The van der Waals surface area contributed by atoms with Gasteiger partial charge < -0.3 is 25.6 Å². The Hall–Kier alpha value is -2.77. The molecular weight excluding hydrogens is 292 g/mol. The van der Waals surface area contributed by atoms with E-state index in [9.17, 15) is 14.4 Å². The number of ether oxygens (including phenoxy) is 2. The molecule has 0 aliphatic carbocycles. The van der Waals surface area contributed by atoms with E-state index < -0.39 is 23.3 Å². The molecule has 22 heavy (non-hydrogen) atoms. The standard InChI is InChI=1S/C14H18N2O6/c1-14(2,13(19)20)16-12(18)8-4-5-9(10(6-8)21-3)22-7-11(15)17/h4-6H,7H2,1-3H3,(H2,15,17)(H,16,18)(H,19,20). The number of methoxy groups -OCH3 is 1. The molecule has 0 spiro atoms. The van der Waals surface area contributed by atoms with Gasteiger partial charge in [0.1, 0.15) is 5.54 Å². The number of aliphatic carboxylic acids is 1. The number of carbonyl (C=O) groups is 3. The fourth-order valence-corrected chi connectivity index (χ4v) is 1.49. The summed E-state index contributed by atoms with van der Waals surface area (Å²) >= 11 is 0. The summed E-state index contributed by atoms with van der Waals surface area (Å²) in [6.07, 6.45) is 0. The zero-order valence-electron chi connectivity index (χ0n) is 12.5. The van der Waals surface area contributed by atoms with Crippen LogP contribution in [-0.2, 0) is 9.59 Å². The van der Waals surface area contributed by atoms with Crippen molar-refractivity contribution in [2.45, 2.75) is 19.4 Å². The average Bonchev–Trinajstić information content (AvgIpc) is 2.44. The van der Waals surface area contributed by atoms with Crippen LogP contribution in [0.5, 0.6) is 11.5 Å². The minimum Gasteiger partial charge on any atom is -0.493 e. The van der Waals surface area contributed by atoms with Gasteiger partial charge >= 0.3 is 5.97 Å². The molecule has 8 heteroatoms. The summed E-state index contributed by atoms with van der Waals surface area (Å²) in [6, 6.07) is 4.24. The summed E-state index contributed by atoms with van der Waals surface area (Å²) in [4.78, 5) is 33.8. The van der Waals surface area contributed by atoms with E-state index in [0.29, 0.717) is 0 Å². The second-order valence-electron chi connectivity index (χ2n) is 5.00. The van der Waals surface area contributed by atoms with Crippen molar-refractivity contribution in [2.75, 3.05) is 13.7 Å². The summed E-state index contributed by atoms with van der Waals surface area (Å²) in [5.74, 6) is -1.91. The maximum Gasteiger partial charge on any atom is 0.328 e. The topological polar surface area (TPSA) is 128 Å². The van der Waals surface area contributed by atoms with Crippen molar-refractivity contribution in [2.24, 2.45) is 5.73 Å². The normalized spacial score (nSPS) is 10.7. The van der Waals surface area contributed by atoms with Gasteiger partial charge in [-0.15, -0.1) is 0 Å². The van der Waals surface area contributed by atoms with E-state index in [1.54, 1.807) is 0 Å². The van der Waals surface area contributed by atoms with Gasteiger partial charge in [0, 0.05) is 5.56 Å². The van der Waals surface area contributed by atoms with Crippen LogP contribution in [0.1, 0.15) is 24.2 Å². The summed E-state index contributed by atoms with van der Waals surface area (Å²) < 4.78 is 10.2. The molecular formula is C14H18N2O6. The molecule has 0 fully saturated rings. The van der Waals surface area contributed by atoms with Crippen LogP contribution < -0.4 is 20.5 Å². The van der Waals surface area contributed by atoms with Crippen LogP contribution in [0.2, 0.25) is 0 Å². The predicted octanol–water partition coefficient (Wildman–Crippen LogP) is 0.152. The highest BCUT2D eigenvalue weighted by Crippen LogP contribution is 2.28. The van der Waals surface area contributed by atoms with E-state index in [1.807, 2.05) is 0 Å². The van der Waals surface area contributed by atoms with Crippen molar-refractivity contribution in [1.29, 1.82) is 0 Å². The molecule has 0 bridgehead atoms. The molecule has 1 aromatic rings. The van der Waals surface area contributed by atoms with Gasteiger partial charge in [-0.05, 0) is 32.0 Å². The lowest BCUT2D eigenvalue weighted by Gasteiger charge is -2.21. The van der Waals surface area contributed by atoms with E-state index >= 15 is 0 Å². The number of benzene rings is 1. The SMILES string of the molecule is COc1cc(C(=O)NC(C)(C)C(=O)O)ccc1OCC(N)=O. The van der Waals surface area contributed by atoms with Gasteiger partial charge in [-0.3, -0.25) is 9.59 Å². The largest absolute Gasteiger partial charge is 0.493 e. The zero-order chi connectivity index (χ0) is 16.9. The van der Waals surface area contributed by atoms with Crippen molar-refractivity contribution in [3.05, 3.63) is 23.8 Å². The molecule has 1 aromatic carbocycles. The Morgan fingerprint density at radius 2 is 1.91 bits per heavy atom. The number of hydrogen-bond acceptors (Lipinski definition) is 5. The summed E-state index contributed by atoms with van der Waals surface area (Å²) in [6.45, 7) is 2.41.